The van der Waals surface area contributed by atoms with Gasteiger partial charge < -0.3 is 0 Å². The van der Waals surface area contributed by atoms with E-state index in [9.17, 15) is 13.0 Å². The molecule has 0 saturated heterocycles. The van der Waals surface area contributed by atoms with Crippen LogP contribution in [0, 0.1) is 0 Å². The summed E-state index contributed by atoms with van der Waals surface area (Å²) in [7, 11) is -1.01. The maximum atomic E-state index is 13.4. The average molecular weight is 612 g/mol. The van der Waals surface area contributed by atoms with Crippen LogP contribution in [0.15, 0.2) is 23.1 Å². The number of nitrogens with one attached hydrogen (secondary N) is 1. The van der Waals surface area contributed by atoms with E-state index in [0.29, 0.717) is 17.0 Å². The fourth-order valence-corrected chi connectivity index (χ4v) is 8.12. The van der Waals surface area contributed by atoms with Gasteiger partial charge in [-0.15, -0.1) is 0 Å². The third kappa shape index (κ3) is 5.25. The molecule has 2 saturated carbocycles. The second kappa shape index (κ2) is 9.95. The molecule has 3 aromatic heterocycles. The second-order valence-corrected chi connectivity index (χ2v) is 15.6. The zero-order valence-electron chi connectivity index (χ0n) is 21.0. The summed E-state index contributed by atoms with van der Waals surface area (Å²) in [6, 6.07) is 4.29. The Morgan fingerprint density at radius 2 is 2.03 bits per heavy atom. The number of aromatic nitrogens is 4. The van der Waals surface area contributed by atoms with Crippen molar-refractivity contribution in [1.82, 2.24) is 28.8 Å². The summed E-state index contributed by atoms with van der Waals surface area (Å²) in [6.45, 7) is 7.53. The number of alkyl halides is 2. The minimum atomic E-state index is -2.58. The SMILES string of the molecule is CC(C)S(=O)N1CC=C(c2cc(SNC3(C)CC3)cc3c(-c4nnc(C(F)F)[se]4)c(C4CC4)nn23)CC1. The number of hydrogen-bond acceptors (Lipinski definition) is 6. The Kier molecular flexibility index (Phi) is 6.95. The van der Waals surface area contributed by atoms with Crippen molar-refractivity contribution in [2.24, 2.45) is 0 Å². The van der Waals surface area contributed by atoms with Crippen LogP contribution >= 0.6 is 11.9 Å². The standard InChI is InChI=1S/C25H30F2N6OS2Se/c1-14(2)36(34)32-10-6-15(7-11-32)18-12-17(35-31-25(3)8-9-25)13-19-20(21(16-4-5-16)30-33(18)19)23-28-29-24(37-23)22(26)27/h6,12-14,16,22,31H,4-5,7-11H2,1-3H3. The van der Waals surface area contributed by atoms with Crippen LogP contribution in [0.4, 0.5) is 8.78 Å². The molecule has 3 aliphatic rings. The fraction of sp³-hybridized carbons (Fsp3) is 0.560. The Morgan fingerprint density at radius 3 is 2.62 bits per heavy atom. The molecule has 198 valence electrons. The first-order chi connectivity index (χ1) is 17.7. The Labute approximate surface area is 228 Å². The summed E-state index contributed by atoms with van der Waals surface area (Å²) in [6.07, 6.45) is 4.76. The van der Waals surface area contributed by atoms with E-state index in [1.165, 1.54) is 5.57 Å². The van der Waals surface area contributed by atoms with Crippen molar-refractivity contribution >= 4 is 48.5 Å². The molecule has 0 amide bonds. The summed E-state index contributed by atoms with van der Waals surface area (Å²) in [5.74, 6) is 0.334. The van der Waals surface area contributed by atoms with Gasteiger partial charge in [-0.3, -0.25) is 0 Å². The van der Waals surface area contributed by atoms with Crippen molar-refractivity contribution in [3.05, 3.63) is 34.2 Å². The van der Waals surface area contributed by atoms with Crippen molar-refractivity contribution in [3.8, 4) is 10.1 Å². The number of hydrogen-bond donors (Lipinski definition) is 1. The molecule has 0 aromatic carbocycles. The average Bonchev–Trinajstić information content (AvgIpc) is 3.77. The first-order valence-electron chi connectivity index (χ1n) is 12.7. The Bertz CT molecular complexity index is 1400. The number of rotatable bonds is 9. The minimum absolute atomic E-state index is 0.0837. The monoisotopic (exact) mass is 612 g/mol. The van der Waals surface area contributed by atoms with Gasteiger partial charge in [0, 0.05) is 0 Å². The summed E-state index contributed by atoms with van der Waals surface area (Å²) >= 11 is 1.01. The van der Waals surface area contributed by atoms with E-state index in [4.69, 9.17) is 5.10 Å². The fourth-order valence-electron chi connectivity index (χ4n) is 4.53. The molecule has 37 heavy (non-hydrogen) atoms. The van der Waals surface area contributed by atoms with Crippen molar-refractivity contribution in [3.63, 3.8) is 0 Å². The predicted octanol–water partition coefficient (Wildman–Crippen LogP) is 4.97. The van der Waals surface area contributed by atoms with Crippen LogP contribution < -0.4 is 4.72 Å². The number of pyridine rings is 1. The molecule has 1 N–H and O–H groups in total. The van der Waals surface area contributed by atoms with Crippen LogP contribution in [0.2, 0.25) is 0 Å². The molecule has 1 atom stereocenters. The van der Waals surface area contributed by atoms with Gasteiger partial charge in [0.2, 0.25) is 0 Å². The molecule has 0 spiro atoms. The third-order valence-corrected chi connectivity index (χ3v) is 11.8. The second-order valence-electron chi connectivity index (χ2n) is 10.6. The summed E-state index contributed by atoms with van der Waals surface area (Å²) in [4.78, 5) is 1.06. The van der Waals surface area contributed by atoms with Gasteiger partial charge in [-0.25, -0.2) is 0 Å². The summed E-state index contributed by atoms with van der Waals surface area (Å²) in [5.41, 5.74) is 5.08. The van der Waals surface area contributed by atoms with E-state index in [1.807, 2.05) is 22.7 Å². The van der Waals surface area contributed by atoms with Crippen LogP contribution in [-0.2, 0) is 11.0 Å². The van der Waals surface area contributed by atoms with Gasteiger partial charge in [-0.05, 0) is 0 Å². The number of halogens is 2. The van der Waals surface area contributed by atoms with E-state index in [0.717, 1.165) is 66.0 Å². The molecule has 2 fully saturated rings. The van der Waals surface area contributed by atoms with Gasteiger partial charge in [-0.2, -0.15) is 0 Å². The molecule has 4 heterocycles. The van der Waals surface area contributed by atoms with Crippen LogP contribution in [0.1, 0.15) is 81.2 Å². The number of fused-ring (bicyclic) bond motifs is 1. The Hall–Kier alpha value is -1.43. The topological polar surface area (TPSA) is 75.4 Å². The van der Waals surface area contributed by atoms with Gasteiger partial charge in [0.1, 0.15) is 0 Å². The summed E-state index contributed by atoms with van der Waals surface area (Å²) < 4.78 is 47.6. The van der Waals surface area contributed by atoms with Gasteiger partial charge in [0.05, 0.1) is 0 Å². The molecule has 6 rings (SSSR count). The van der Waals surface area contributed by atoms with Crippen molar-refractivity contribution in [2.75, 3.05) is 13.1 Å². The molecule has 12 heteroatoms. The first kappa shape index (κ1) is 25.8. The zero-order chi connectivity index (χ0) is 25.9. The number of nitrogens with zero attached hydrogens (tertiary/aromatic N) is 5. The van der Waals surface area contributed by atoms with E-state index >= 15 is 0 Å². The van der Waals surface area contributed by atoms with Crippen molar-refractivity contribution in [2.45, 2.75) is 80.9 Å². The van der Waals surface area contributed by atoms with Gasteiger partial charge in [0.25, 0.3) is 0 Å². The van der Waals surface area contributed by atoms with Gasteiger partial charge in [-0.1, -0.05) is 0 Å². The molecular formula is C25H30F2N6OS2Se. The first-order valence-corrected chi connectivity index (χ1v) is 16.4. The third-order valence-electron chi connectivity index (χ3n) is 7.11. The van der Waals surface area contributed by atoms with Gasteiger partial charge in [0.15, 0.2) is 0 Å². The normalized spacial score (nSPS) is 20.7. The molecule has 1 unspecified atom stereocenters. The summed E-state index contributed by atoms with van der Waals surface area (Å²) in [5, 5.41) is 13.2. The molecule has 7 nitrogen and oxygen atoms in total. The van der Waals surface area contributed by atoms with E-state index in [-0.39, 0.29) is 15.4 Å². The molecule has 0 radical (unpaired) electrons. The Morgan fingerprint density at radius 1 is 1.24 bits per heavy atom. The zero-order valence-corrected chi connectivity index (χ0v) is 24.4. The van der Waals surface area contributed by atoms with Crippen LogP contribution in [0.3, 0.4) is 0 Å². The molecule has 3 aromatic rings. The molecule has 0 bridgehead atoms. The van der Waals surface area contributed by atoms with Crippen LogP contribution in [0.5, 0.6) is 0 Å². The van der Waals surface area contributed by atoms with Gasteiger partial charge >= 0.3 is 229 Å². The van der Waals surface area contributed by atoms with E-state index in [2.05, 4.69) is 40.1 Å². The Balaban J connectivity index is 1.46. The van der Waals surface area contributed by atoms with Crippen molar-refractivity contribution < 1.29 is 13.0 Å². The molecule has 2 aliphatic carbocycles. The molecular weight excluding hydrogens is 581 g/mol. The molecule has 1 aliphatic heterocycles. The maximum absolute atomic E-state index is 13.4. The predicted molar refractivity (Wildman–Crippen MR) is 144 cm³/mol. The quantitative estimate of drug-likeness (QED) is 0.272. The van der Waals surface area contributed by atoms with Crippen LogP contribution in [-0.4, -0.2) is 66.7 Å². The van der Waals surface area contributed by atoms with E-state index in [1.54, 1.807) is 11.9 Å². The van der Waals surface area contributed by atoms with Crippen molar-refractivity contribution in [1.29, 1.82) is 0 Å². The van der Waals surface area contributed by atoms with E-state index < -0.39 is 31.9 Å². The van der Waals surface area contributed by atoms with Crippen LogP contribution in [0.25, 0.3) is 21.2 Å².